The summed E-state index contributed by atoms with van der Waals surface area (Å²) in [6.45, 7) is 12.9. The molecule has 0 fully saturated rings. The Labute approximate surface area is 93.6 Å². The Bertz CT molecular complexity index is 200. The third-order valence-electron chi connectivity index (χ3n) is 2.84. The van der Waals surface area contributed by atoms with Gasteiger partial charge in [0.1, 0.15) is 0 Å². The van der Waals surface area contributed by atoms with E-state index in [0.29, 0.717) is 18.9 Å². The molecule has 0 aliphatic rings. The van der Waals surface area contributed by atoms with Gasteiger partial charge >= 0.3 is 5.97 Å². The molecule has 0 heterocycles. The summed E-state index contributed by atoms with van der Waals surface area (Å²) in [5.74, 6) is 0.402. The van der Waals surface area contributed by atoms with Crippen molar-refractivity contribution in [2.45, 2.75) is 59.5 Å². The standard InChI is InChI=1S/C12H25NO2/c1-7-15-11(14)8-10(4)13-12(5,6)9(2)3/h9-10,13H,7-8H2,1-6H3. The van der Waals surface area contributed by atoms with E-state index in [0.717, 1.165) is 0 Å². The van der Waals surface area contributed by atoms with E-state index in [2.05, 4.69) is 33.0 Å². The van der Waals surface area contributed by atoms with Crippen molar-refractivity contribution < 1.29 is 9.53 Å². The Hall–Kier alpha value is -0.570. The monoisotopic (exact) mass is 215 g/mol. The molecule has 0 bridgehead atoms. The minimum absolute atomic E-state index is 0.0475. The molecule has 0 rings (SSSR count). The molecule has 3 heteroatoms. The van der Waals surface area contributed by atoms with Crippen molar-refractivity contribution in [3.63, 3.8) is 0 Å². The van der Waals surface area contributed by atoms with Crippen LogP contribution in [0, 0.1) is 5.92 Å². The third-order valence-corrected chi connectivity index (χ3v) is 2.84. The summed E-state index contributed by atoms with van der Waals surface area (Å²) in [5.41, 5.74) is 0.0475. The Morgan fingerprint density at radius 2 is 1.87 bits per heavy atom. The van der Waals surface area contributed by atoms with Gasteiger partial charge in [0.15, 0.2) is 0 Å². The van der Waals surface area contributed by atoms with E-state index in [4.69, 9.17) is 4.74 Å². The van der Waals surface area contributed by atoms with Crippen LogP contribution in [0.15, 0.2) is 0 Å². The molecular weight excluding hydrogens is 190 g/mol. The quantitative estimate of drug-likeness (QED) is 0.691. The van der Waals surface area contributed by atoms with Crippen molar-refractivity contribution in [3.05, 3.63) is 0 Å². The maximum Gasteiger partial charge on any atom is 0.307 e. The zero-order valence-electron chi connectivity index (χ0n) is 10.9. The maximum atomic E-state index is 11.2. The van der Waals surface area contributed by atoms with Crippen LogP contribution < -0.4 is 5.32 Å². The van der Waals surface area contributed by atoms with Gasteiger partial charge in [0.2, 0.25) is 0 Å². The Kier molecular flexibility index (Phi) is 5.88. The van der Waals surface area contributed by atoms with Crippen LogP contribution in [0.3, 0.4) is 0 Å². The lowest BCUT2D eigenvalue weighted by Crippen LogP contribution is -2.49. The van der Waals surface area contributed by atoms with Crippen molar-refractivity contribution in [2.24, 2.45) is 5.92 Å². The highest BCUT2D eigenvalue weighted by Gasteiger charge is 2.24. The second kappa shape index (κ2) is 6.11. The average molecular weight is 215 g/mol. The minimum Gasteiger partial charge on any atom is -0.466 e. The predicted molar refractivity (Wildman–Crippen MR) is 62.8 cm³/mol. The van der Waals surface area contributed by atoms with Crippen LogP contribution >= 0.6 is 0 Å². The van der Waals surface area contributed by atoms with Gasteiger partial charge in [0.05, 0.1) is 13.0 Å². The molecular formula is C12H25NO2. The van der Waals surface area contributed by atoms with E-state index in [1.54, 1.807) is 0 Å². The maximum absolute atomic E-state index is 11.2. The van der Waals surface area contributed by atoms with Gasteiger partial charge < -0.3 is 10.1 Å². The van der Waals surface area contributed by atoms with Crippen LogP contribution in [0.25, 0.3) is 0 Å². The molecule has 0 aromatic heterocycles. The number of nitrogens with one attached hydrogen (secondary N) is 1. The van der Waals surface area contributed by atoms with Crippen molar-refractivity contribution in [2.75, 3.05) is 6.61 Å². The number of carbonyl (C=O) groups is 1. The third kappa shape index (κ3) is 5.78. The summed E-state index contributed by atoms with van der Waals surface area (Å²) in [7, 11) is 0. The van der Waals surface area contributed by atoms with Crippen molar-refractivity contribution in [1.29, 1.82) is 0 Å². The molecule has 0 radical (unpaired) electrons. The summed E-state index contributed by atoms with van der Waals surface area (Å²) in [6, 6.07) is 0.154. The van der Waals surface area contributed by atoms with Crippen LogP contribution in [0.4, 0.5) is 0 Å². The van der Waals surface area contributed by atoms with E-state index in [9.17, 15) is 4.79 Å². The number of carbonyl (C=O) groups excluding carboxylic acids is 1. The lowest BCUT2D eigenvalue weighted by atomic mass is 9.89. The molecule has 15 heavy (non-hydrogen) atoms. The minimum atomic E-state index is -0.128. The fourth-order valence-electron chi connectivity index (χ4n) is 1.32. The molecule has 1 N–H and O–H groups in total. The molecule has 1 atom stereocenters. The first-order valence-corrected chi connectivity index (χ1v) is 5.73. The molecule has 90 valence electrons. The molecule has 0 aliphatic carbocycles. The number of hydrogen-bond donors (Lipinski definition) is 1. The molecule has 0 saturated heterocycles. The highest BCUT2D eigenvalue weighted by molar-refractivity contribution is 5.70. The number of rotatable bonds is 6. The number of hydrogen-bond acceptors (Lipinski definition) is 3. The summed E-state index contributed by atoms with van der Waals surface area (Å²) < 4.78 is 4.91. The molecule has 0 spiro atoms. The fourth-order valence-corrected chi connectivity index (χ4v) is 1.32. The predicted octanol–water partition coefficient (Wildman–Crippen LogP) is 2.35. The Morgan fingerprint density at radius 1 is 1.33 bits per heavy atom. The molecule has 3 nitrogen and oxygen atoms in total. The number of ether oxygens (including phenoxy) is 1. The highest BCUT2D eigenvalue weighted by Crippen LogP contribution is 2.16. The first kappa shape index (κ1) is 14.4. The Morgan fingerprint density at radius 3 is 2.27 bits per heavy atom. The van der Waals surface area contributed by atoms with Crippen LogP contribution in [-0.2, 0) is 9.53 Å². The normalized spacial score (nSPS) is 14.1. The molecule has 0 saturated carbocycles. The van der Waals surface area contributed by atoms with Crippen LogP contribution in [-0.4, -0.2) is 24.2 Å². The highest BCUT2D eigenvalue weighted by atomic mass is 16.5. The zero-order valence-corrected chi connectivity index (χ0v) is 10.9. The smallest absolute Gasteiger partial charge is 0.307 e. The van der Waals surface area contributed by atoms with E-state index < -0.39 is 0 Å². The van der Waals surface area contributed by atoms with Gasteiger partial charge in [-0.3, -0.25) is 4.79 Å². The summed E-state index contributed by atoms with van der Waals surface area (Å²) >= 11 is 0. The first-order valence-electron chi connectivity index (χ1n) is 5.73. The summed E-state index contributed by atoms with van der Waals surface area (Å²) in [4.78, 5) is 11.2. The first-order chi connectivity index (χ1) is 6.79. The van der Waals surface area contributed by atoms with Gasteiger partial charge in [-0.1, -0.05) is 13.8 Å². The van der Waals surface area contributed by atoms with Gasteiger partial charge in [-0.15, -0.1) is 0 Å². The van der Waals surface area contributed by atoms with Crippen molar-refractivity contribution in [3.8, 4) is 0 Å². The van der Waals surface area contributed by atoms with Crippen LogP contribution in [0.1, 0.15) is 48.0 Å². The van der Waals surface area contributed by atoms with Crippen LogP contribution in [0.5, 0.6) is 0 Å². The van der Waals surface area contributed by atoms with E-state index in [1.165, 1.54) is 0 Å². The van der Waals surface area contributed by atoms with Gasteiger partial charge in [-0.25, -0.2) is 0 Å². The summed E-state index contributed by atoms with van der Waals surface area (Å²) in [5, 5.41) is 3.44. The topological polar surface area (TPSA) is 38.3 Å². The molecule has 0 aliphatic heterocycles. The van der Waals surface area contributed by atoms with Crippen molar-refractivity contribution >= 4 is 5.97 Å². The van der Waals surface area contributed by atoms with E-state index in [1.807, 2.05) is 13.8 Å². The van der Waals surface area contributed by atoms with E-state index in [-0.39, 0.29) is 17.6 Å². The molecule has 0 amide bonds. The van der Waals surface area contributed by atoms with Gasteiger partial charge in [-0.05, 0) is 33.6 Å². The van der Waals surface area contributed by atoms with Crippen LogP contribution in [0.2, 0.25) is 0 Å². The fraction of sp³-hybridized carbons (Fsp3) is 0.917. The Balaban J connectivity index is 4.03. The SMILES string of the molecule is CCOC(=O)CC(C)NC(C)(C)C(C)C. The average Bonchev–Trinajstić information content (AvgIpc) is 2.02. The van der Waals surface area contributed by atoms with Crippen molar-refractivity contribution in [1.82, 2.24) is 5.32 Å². The molecule has 0 aromatic rings. The second-order valence-electron chi connectivity index (χ2n) is 4.93. The largest absolute Gasteiger partial charge is 0.466 e. The van der Waals surface area contributed by atoms with Gasteiger partial charge in [0, 0.05) is 11.6 Å². The van der Waals surface area contributed by atoms with Gasteiger partial charge in [-0.2, -0.15) is 0 Å². The molecule has 1 unspecified atom stereocenters. The summed E-state index contributed by atoms with van der Waals surface area (Å²) in [6.07, 6.45) is 0.435. The van der Waals surface area contributed by atoms with Gasteiger partial charge in [0.25, 0.3) is 0 Å². The lowest BCUT2D eigenvalue weighted by molar-refractivity contribution is -0.143. The lowest BCUT2D eigenvalue weighted by Gasteiger charge is -2.33. The zero-order chi connectivity index (χ0) is 12.1. The molecule has 0 aromatic carbocycles. The number of esters is 1. The van der Waals surface area contributed by atoms with E-state index >= 15 is 0 Å². The second-order valence-corrected chi connectivity index (χ2v) is 4.93.